The largest absolute Gasteiger partial charge is 0.396 e. The number of aliphatic hydroxyl groups is 1. The fraction of sp³-hybridized carbons (Fsp3) is 0.562. The fourth-order valence-corrected chi connectivity index (χ4v) is 2.59. The lowest BCUT2D eigenvalue weighted by molar-refractivity contribution is 0.0895. The van der Waals surface area contributed by atoms with E-state index in [1.165, 1.54) is 5.56 Å². The van der Waals surface area contributed by atoms with Gasteiger partial charge in [-0.25, -0.2) is 0 Å². The third-order valence-electron chi connectivity index (χ3n) is 3.84. The molecule has 3 heteroatoms. The van der Waals surface area contributed by atoms with E-state index in [1.54, 1.807) is 0 Å². The van der Waals surface area contributed by atoms with Gasteiger partial charge in [-0.05, 0) is 43.8 Å². The summed E-state index contributed by atoms with van der Waals surface area (Å²) in [6.07, 6.45) is 2.75. The number of carbonyl (C=O) groups excluding carboxylic acids is 1. The molecule has 1 unspecified atom stereocenters. The van der Waals surface area contributed by atoms with Crippen molar-refractivity contribution in [2.75, 3.05) is 19.7 Å². The van der Waals surface area contributed by atoms with Crippen LogP contribution in [0.5, 0.6) is 0 Å². The summed E-state index contributed by atoms with van der Waals surface area (Å²) in [7, 11) is 0. The van der Waals surface area contributed by atoms with Crippen LogP contribution in [0.15, 0.2) is 24.3 Å². The molecule has 0 saturated carbocycles. The van der Waals surface area contributed by atoms with Gasteiger partial charge in [0.05, 0.1) is 0 Å². The zero-order valence-electron chi connectivity index (χ0n) is 11.6. The summed E-state index contributed by atoms with van der Waals surface area (Å²) in [6.45, 7) is 4.12. The lowest BCUT2D eigenvalue weighted by Gasteiger charge is -2.21. The Balaban J connectivity index is 1.99. The molecule has 0 spiro atoms. The Bertz CT molecular complexity index is 407. The molecule has 1 aliphatic heterocycles. The molecule has 1 fully saturated rings. The highest BCUT2D eigenvalue weighted by Crippen LogP contribution is 2.19. The van der Waals surface area contributed by atoms with Crippen LogP contribution in [0.4, 0.5) is 0 Å². The highest BCUT2D eigenvalue weighted by Gasteiger charge is 2.21. The van der Waals surface area contributed by atoms with Gasteiger partial charge in [0, 0.05) is 18.1 Å². The number of nitrogens with one attached hydrogen (secondary N) is 1. The number of piperidine rings is 1. The quantitative estimate of drug-likeness (QED) is 0.797. The predicted molar refractivity (Wildman–Crippen MR) is 76.3 cm³/mol. The van der Waals surface area contributed by atoms with E-state index in [9.17, 15) is 4.79 Å². The van der Waals surface area contributed by atoms with E-state index >= 15 is 0 Å². The van der Waals surface area contributed by atoms with Crippen molar-refractivity contribution in [2.45, 2.75) is 26.2 Å². The summed E-state index contributed by atoms with van der Waals surface area (Å²) >= 11 is 0. The maximum atomic E-state index is 12.3. The second-order valence-electron chi connectivity index (χ2n) is 5.58. The van der Waals surface area contributed by atoms with Crippen LogP contribution in [0.1, 0.15) is 35.7 Å². The van der Waals surface area contributed by atoms with Gasteiger partial charge in [0.1, 0.15) is 0 Å². The molecule has 1 aromatic rings. The molecule has 1 heterocycles. The van der Waals surface area contributed by atoms with E-state index in [0.29, 0.717) is 0 Å². The van der Waals surface area contributed by atoms with Gasteiger partial charge in [0.25, 0.3) is 0 Å². The molecule has 19 heavy (non-hydrogen) atoms. The van der Waals surface area contributed by atoms with Gasteiger partial charge < -0.3 is 10.4 Å². The van der Waals surface area contributed by atoms with Crippen molar-refractivity contribution in [3.05, 3.63) is 35.4 Å². The molecule has 0 radical (unpaired) electrons. The molecule has 0 amide bonds. The second-order valence-corrected chi connectivity index (χ2v) is 5.58. The maximum absolute atomic E-state index is 12.3. The molecule has 0 aliphatic carbocycles. The molecule has 2 N–H and O–H groups in total. The molecular weight excluding hydrogens is 238 g/mol. The number of Topliss-reactive ketones (excluding diaryl/α,β-unsaturated/α-hetero) is 1. The van der Waals surface area contributed by atoms with Gasteiger partial charge in [-0.3, -0.25) is 4.79 Å². The van der Waals surface area contributed by atoms with Gasteiger partial charge in [0.15, 0.2) is 5.78 Å². The van der Waals surface area contributed by atoms with Crippen LogP contribution in [0.2, 0.25) is 0 Å². The minimum Gasteiger partial charge on any atom is -0.396 e. The van der Waals surface area contributed by atoms with Crippen LogP contribution in [-0.2, 0) is 6.42 Å². The number of rotatable bonds is 5. The molecule has 2 rings (SSSR count). The van der Waals surface area contributed by atoms with E-state index in [2.05, 4.69) is 5.32 Å². The Kier molecular flexibility index (Phi) is 5.11. The van der Waals surface area contributed by atoms with E-state index in [0.717, 1.165) is 37.9 Å². The van der Waals surface area contributed by atoms with Gasteiger partial charge in [-0.2, -0.15) is 0 Å². The molecule has 0 aromatic heterocycles. The SMILES string of the molecule is CC(CO)Cc1ccc(C(=O)C2CCNCC2)cc1. The smallest absolute Gasteiger partial charge is 0.166 e. The minimum absolute atomic E-state index is 0.184. The molecule has 3 nitrogen and oxygen atoms in total. The minimum atomic E-state index is 0.184. The summed E-state index contributed by atoms with van der Waals surface area (Å²) in [4.78, 5) is 12.3. The molecule has 1 aliphatic rings. The zero-order valence-corrected chi connectivity index (χ0v) is 11.6. The molecule has 1 aromatic carbocycles. The number of ketones is 1. The molecule has 104 valence electrons. The van der Waals surface area contributed by atoms with Crippen LogP contribution in [0.3, 0.4) is 0 Å². The average Bonchev–Trinajstić information content (AvgIpc) is 2.48. The van der Waals surface area contributed by atoms with Crippen molar-refractivity contribution in [3.63, 3.8) is 0 Å². The average molecular weight is 261 g/mol. The van der Waals surface area contributed by atoms with Crippen LogP contribution in [-0.4, -0.2) is 30.6 Å². The van der Waals surface area contributed by atoms with E-state index < -0.39 is 0 Å². The number of hydrogen-bond acceptors (Lipinski definition) is 3. The lowest BCUT2D eigenvalue weighted by Crippen LogP contribution is -2.31. The van der Waals surface area contributed by atoms with Gasteiger partial charge in [-0.15, -0.1) is 0 Å². The highest BCUT2D eigenvalue weighted by atomic mass is 16.3. The maximum Gasteiger partial charge on any atom is 0.166 e. The standard InChI is InChI=1S/C16H23NO2/c1-12(11-18)10-13-2-4-14(5-3-13)16(19)15-6-8-17-9-7-15/h2-5,12,15,17-18H,6-11H2,1H3. The summed E-state index contributed by atoms with van der Waals surface area (Å²) < 4.78 is 0. The zero-order chi connectivity index (χ0) is 13.7. The van der Waals surface area contributed by atoms with Crippen molar-refractivity contribution < 1.29 is 9.90 Å². The summed E-state index contributed by atoms with van der Waals surface area (Å²) in [6, 6.07) is 7.90. The Morgan fingerprint density at radius 3 is 2.53 bits per heavy atom. The first kappa shape index (κ1) is 14.2. The van der Waals surface area contributed by atoms with E-state index in [-0.39, 0.29) is 24.2 Å². The Labute approximate surface area is 115 Å². The molecule has 0 bridgehead atoms. The number of hydrogen-bond donors (Lipinski definition) is 2. The van der Waals surface area contributed by atoms with Crippen LogP contribution in [0, 0.1) is 11.8 Å². The van der Waals surface area contributed by atoms with Crippen LogP contribution >= 0.6 is 0 Å². The Morgan fingerprint density at radius 2 is 1.95 bits per heavy atom. The van der Waals surface area contributed by atoms with Crippen molar-refractivity contribution in [2.24, 2.45) is 11.8 Å². The first-order chi connectivity index (χ1) is 9.20. The number of benzene rings is 1. The van der Waals surface area contributed by atoms with E-state index in [1.807, 2.05) is 31.2 Å². The third-order valence-corrected chi connectivity index (χ3v) is 3.84. The monoisotopic (exact) mass is 261 g/mol. The lowest BCUT2D eigenvalue weighted by atomic mass is 9.89. The highest BCUT2D eigenvalue weighted by molar-refractivity contribution is 5.97. The normalized spacial score (nSPS) is 18.2. The van der Waals surface area contributed by atoms with Gasteiger partial charge >= 0.3 is 0 Å². The summed E-state index contributed by atoms with van der Waals surface area (Å²) in [5, 5.41) is 12.3. The van der Waals surface area contributed by atoms with E-state index in [4.69, 9.17) is 5.11 Å². The molecule has 1 saturated heterocycles. The first-order valence-corrected chi connectivity index (χ1v) is 7.15. The van der Waals surface area contributed by atoms with Crippen LogP contribution in [0.25, 0.3) is 0 Å². The summed E-state index contributed by atoms with van der Waals surface area (Å²) in [5.74, 6) is 0.734. The van der Waals surface area contributed by atoms with Crippen molar-refractivity contribution in [1.29, 1.82) is 0 Å². The fourth-order valence-electron chi connectivity index (χ4n) is 2.59. The predicted octanol–water partition coefficient (Wildman–Crippen LogP) is 2.04. The van der Waals surface area contributed by atoms with Gasteiger partial charge in [-0.1, -0.05) is 31.2 Å². The van der Waals surface area contributed by atoms with Crippen molar-refractivity contribution in [1.82, 2.24) is 5.32 Å². The van der Waals surface area contributed by atoms with Crippen molar-refractivity contribution in [3.8, 4) is 0 Å². The number of carbonyl (C=O) groups is 1. The Hall–Kier alpha value is -1.19. The summed E-state index contributed by atoms with van der Waals surface area (Å²) in [5.41, 5.74) is 2.01. The topological polar surface area (TPSA) is 49.3 Å². The molecule has 1 atom stereocenters. The Morgan fingerprint density at radius 1 is 1.32 bits per heavy atom. The third kappa shape index (κ3) is 3.88. The van der Waals surface area contributed by atoms with Crippen LogP contribution < -0.4 is 5.32 Å². The van der Waals surface area contributed by atoms with Gasteiger partial charge in [0.2, 0.25) is 0 Å². The number of aliphatic hydroxyl groups excluding tert-OH is 1. The first-order valence-electron chi connectivity index (χ1n) is 7.15. The molecular formula is C16H23NO2. The second kappa shape index (κ2) is 6.83. The van der Waals surface area contributed by atoms with Crippen molar-refractivity contribution >= 4 is 5.78 Å².